The lowest BCUT2D eigenvalue weighted by molar-refractivity contribution is -0.144. The van der Waals surface area contributed by atoms with E-state index >= 15 is 0 Å². The molecular weight excluding hydrogens is 396 g/mol. The van der Waals surface area contributed by atoms with Gasteiger partial charge in [0, 0.05) is 16.8 Å². The van der Waals surface area contributed by atoms with Crippen LogP contribution >= 0.6 is 0 Å². The Balaban J connectivity index is 1.45. The molecule has 3 aromatic carbocycles. The molecule has 0 saturated carbocycles. The zero-order valence-electron chi connectivity index (χ0n) is 16.4. The zero-order chi connectivity index (χ0) is 22.1. The van der Waals surface area contributed by atoms with Crippen molar-refractivity contribution in [2.24, 2.45) is 0 Å². The minimum atomic E-state index is -0.690. The number of nitrogens with zero attached hydrogens (tertiary/aromatic N) is 1. The molecule has 0 fully saturated rings. The molecule has 31 heavy (non-hydrogen) atoms. The maximum absolute atomic E-state index is 12.2. The fraction of sp³-hybridized carbons (Fsp3) is 0.0833. The fourth-order valence-corrected chi connectivity index (χ4v) is 2.57. The highest BCUT2D eigenvalue weighted by atomic mass is 16.6. The Labute approximate surface area is 178 Å². The van der Waals surface area contributed by atoms with Crippen LogP contribution in [-0.4, -0.2) is 30.9 Å². The Bertz CT molecular complexity index is 1100. The summed E-state index contributed by atoms with van der Waals surface area (Å²) in [4.78, 5) is 36.1. The second kappa shape index (κ2) is 10.4. The molecule has 0 unspecified atom stereocenters. The van der Waals surface area contributed by atoms with E-state index in [1.54, 1.807) is 72.8 Å². The molecule has 0 spiro atoms. The van der Waals surface area contributed by atoms with Gasteiger partial charge in [0.15, 0.2) is 19.0 Å². The van der Waals surface area contributed by atoms with Crippen molar-refractivity contribution in [1.29, 1.82) is 5.26 Å². The van der Waals surface area contributed by atoms with Gasteiger partial charge in [0.25, 0.3) is 5.91 Å². The molecule has 0 saturated heterocycles. The molecule has 7 nitrogen and oxygen atoms in total. The van der Waals surface area contributed by atoms with Crippen LogP contribution in [-0.2, 0) is 9.53 Å². The molecule has 0 bridgehead atoms. The molecule has 154 valence electrons. The minimum Gasteiger partial charge on any atom is -0.482 e. The van der Waals surface area contributed by atoms with Gasteiger partial charge < -0.3 is 14.8 Å². The van der Waals surface area contributed by atoms with Crippen LogP contribution in [0.1, 0.15) is 26.3 Å². The molecule has 0 aliphatic heterocycles. The topological polar surface area (TPSA) is 105 Å². The van der Waals surface area contributed by atoms with E-state index in [1.165, 1.54) is 0 Å². The van der Waals surface area contributed by atoms with Gasteiger partial charge in [0.05, 0.1) is 11.6 Å². The van der Waals surface area contributed by atoms with Gasteiger partial charge >= 0.3 is 5.97 Å². The van der Waals surface area contributed by atoms with E-state index in [1.807, 2.05) is 12.1 Å². The standard InChI is InChI=1S/C24H18N2O5/c25-14-17-6-12-21(13-7-17)30-16-23(28)31-15-22(27)18-8-10-20(11-9-18)26-24(29)19-4-2-1-3-5-19/h1-13H,15-16H2,(H,26,29). The molecule has 0 aliphatic rings. The quantitative estimate of drug-likeness (QED) is 0.446. The third-order valence-electron chi connectivity index (χ3n) is 4.21. The average molecular weight is 414 g/mol. The molecule has 3 aromatic rings. The van der Waals surface area contributed by atoms with Crippen LogP contribution in [0.5, 0.6) is 5.75 Å². The van der Waals surface area contributed by atoms with Gasteiger partial charge in [-0.2, -0.15) is 5.26 Å². The summed E-state index contributed by atoms with van der Waals surface area (Å²) in [6, 6.07) is 23.3. The highest BCUT2D eigenvalue weighted by molar-refractivity contribution is 6.04. The molecule has 1 N–H and O–H groups in total. The number of hydrogen-bond donors (Lipinski definition) is 1. The second-order valence-corrected chi connectivity index (χ2v) is 6.41. The van der Waals surface area contributed by atoms with Crippen molar-refractivity contribution in [1.82, 2.24) is 0 Å². The van der Waals surface area contributed by atoms with E-state index < -0.39 is 12.6 Å². The molecular formula is C24H18N2O5. The molecule has 0 atom stereocenters. The van der Waals surface area contributed by atoms with Crippen molar-refractivity contribution < 1.29 is 23.9 Å². The second-order valence-electron chi connectivity index (χ2n) is 6.41. The first kappa shape index (κ1) is 21.3. The van der Waals surface area contributed by atoms with Gasteiger partial charge in [-0.3, -0.25) is 9.59 Å². The van der Waals surface area contributed by atoms with E-state index in [4.69, 9.17) is 14.7 Å². The van der Waals surface area contributed by atoms with Crippen molar-refractivity contribution in [2.75, 3.05) is 18.5 Å². The molecule has 0 radical (unpaired) electrons. The summed E-state index contributed by atoms with van der Waals surface area (Å²) in [6.45, 7) is -0.783. The van der Waals surface area contributed by atoms with Crippen LogP contribution in [0.25, 0.3) is 0 Å². The van der Waals surface area contributed by atoms with Crippen LogP contribution in [0.3, 0.4) is 0 Å². The SMILES string of the molecule is N#Cc1ccc(OCC(=O)OCC(=O)c2ccc(NC(=O)c3ccccc3)cc2)cc1. The van der Waals surface area contributed by atoms with Crippen LogP contribution in [0.2, 0.25) is 0 Å². The Kier molecular flexibility index (Phi) is 7.12. The first-order valence-electron chi connectivity index (χ1n) is 9.33. The Morgan fingerprint density at radius 3 is 2.13 bits per heavy atom. The summed E-state index contributed by atoms with van der Waals surface area (Å²) in [5, 5.41) is 11.5. The van der Waals surface area contributed by atoms with Crippen molar-refractivity contribution in [3.05, 3.63) is 95.6 Å². The number of Topliss-reactive ketones (excluding diaryl/α,β-unsaturated/α-hetero) is 1. The van der Waals surface area contributed by atoms with E-state index in [2.05, 4.69) is 5.32 Å². The minimum absolute atomic E-state index is 0.254. The number of hydrogen-bond acceptors (Lipinski definition) is 6. The number of ketones is 1. The number of carbonyl (C=O) groups excluding carboxylic acids is 3. The summed E-state index contributed by atoms with van der Waals surface area (Å²) < 4.78 is 10.2. The molecule has 1 amide bonds. The molecule has 0 aromatic heterocycles. The maximum Gasteiger partial charge on any atom is 0.344 e. The summed E-state index contributed by atoms with van der Waals surface area (Å²) in [5.41, 5.74) is 1.89. The number of carbonyl (C=O) groups is 3. The lowest BCUT2D eigenvalue weighted by atomic mass is 10.1. The summed E-state index contributed by atoms with van der Waals surface area (Å²) in [5.74, 6) is -0.914. The van der Waals surface area contributed by atoms with Gasteiger partial charge in [-0.25, -0.2) is 4.79 Å². The molecule has 0 heterocycles. The van der Waals surface area contributed by atoms with Crippen LogP contribution in [0.15, 0.2) is 78.9 Å². The Hall–Kier alpha value is -4.44. The zero-order valence-corrected chi connectivity index (χ0v) is 16.4. The van der Waals surface area contributed by atoms with E-state index in [-0.39, 0.29) is 18.3 Å². The number of amides is 1. The molecule has 0 aliphatic carbocycles. The lowest BCUT2D eigenvalue weighted by Crippen LogP contribution is -2.19. The Morgan fingerprint density at radius 1 is 0.806 bits per heavy atom. The monoisotopic (exact) mass is 414 g/mol. The van der Waals surface area contributed by atoms with Gasteiger partial charge in [0.2, 0.25) is 0 Å². The smallest absolute Gasteiger partial charge is 0.344 e. The van der Waals surface area contributed by atoms with Crippen molar-refractivity contribution in [3.8, 4) is 11.8 Å². The van der Waals surface area contributed by atoms with E-state index in [0.29, 0.717) is 28.1 Å². The maximum atomic E-state index is 12.2. The highest BCUT2D eigenvalue weighted by Crippen LogP contribution is 2.13. The number of esters is 1. The van der Waals surface area contributed by atoms with Crippen molar-refractivity contribution >= 4 is 23.3 Å². The number of nitriles is 1. The van der Waals surface area contributed by atoms with Crippen molar-refractivity contribution in [3.63, 3.8) is 0 Å². The van der Waals surface area contributed by atoms with Gasteiger partial charge in [0.1, 0.15) is 5.75 Å². The predicted octanol–water partition coefficient (Wildman–Crippen LogP) is 3.62. The number of anilines is 1. The first-order chi connectivity index (χ1) is 15.0. The average Bonchev–Trinajstić information content (AvgIpc) is 2.82. The first-order valence-corrected chi connectivity index (χ1v) is 9.33. The Morgan fingerprint density at radius 2 is 1.48 bits per heavy atom. The fourth-order valence-electron chi connectivity index (χ4n) is 2.57. The van der Waals surface area contributed by atoms with Crippen LogP contribution < -0.4 is 10.1 Å². The molecule has 7 heteroatoms. The number of ether oxygens (including phenoxy) is 2. The van der Waals surface area contributed by atoms with Gasteiger partial charge in [-0.15, -0.1) is 0 Å². The number of nitrogens with one attached hydrogen (secondary N) is 1. The number of rotatable bonds is 8. The summed E-state index contributed by atoms with van der Waals surface area (Å²) >= 11 is 0. The normalized spacial score (nSPS) is 9.90. The highest BCUT2D eigenvalue weighted by Gasteiger charge is 2.12. The third-order valence-corrected chi connectivity index (χ3v) is 4.21. The molecule has 3 rings (SSSR count). The van der Waals surface area contributed by atoms with Gasteiger partial charge in [-0.1, -0.05) is 18.2 Å². The van der Waals surface area contributed by atoms with E-state index in [0.717, 1.165) is 0 Å². The third kappa shape index (κ3) is 6.27. The lowest BCUT2D eigenvalue weighted by Gasteiger charge is -2.08. The van der Waals surface area contributed by atoms with Crippen LogP contribution in [0.4, 0.5) is 5.69 Å². The van der Waals surface area contributed by atoms with E-state index in [9.17, 15) is 14.4 Å². The largest absolute Gasteiger partial charge is 0.482 e. The van der Waals surface area contributed by atoms with Crippen molar-refractivity contribution in [2.45, 2.75) is 0 Å². The van der Waals surface area contributed by atoms with Gasteiger partial charge in [-0.05, 0) is 60.7 Å². The predicted molar refractivity (Wildman–Crippen MR) is 113 cm³/mol. The summed E-state index contributed by atoms with van der Waals surface area (Å²) in [7, 11) is 0. The summed E-state index contributed by atoms with van der Waals surface area (Å²) in [6.07, 6.45) is 0. The van der Waals surface area contributed by atoms with Crippen LogP contribution in [0, 0.1) is 11.3 Å². The number of benzene rings is 3.